The Bertz CT molecular complexity index is 3470. The molecule has 0 N–H and O–H groups in total. The van der Waals surface area contributed by atoms with Crippen LogP contribution >= 0.6 is 0 Å². The second-order valence-electron chi connectivity index (χ2n) is 15.7. The lowest BCUT2D eigenvalue weighted by molar-refractivity contribution is 0.667. The summed E-state index contributed by atoms with van der Waals surface area (Å²) < 4.78 is 5.11. The van der Waals surface area contributed by atoms with Gasteiger partial charge in [-0.3, -0.25) is 0 Å². The molecule has 0 amide bonds. The molecule has 0 atom stereocenters. The van der Waals surface area contributed by atoms with Gasteiger partial charge in [0.2, 0.25) is 0 Å². The van der Waals surface area contributed by atoms with Crippen molar-refractivity contribution in [3.05, 3.63) is 175 Å². The van der Waals surface area contributed by atoms with Crippen LogP contribution in [-0.4, -0.2) is 8.80 Å². The highest BCUT2D eigenvalue weighted by Gasteiger charge is 2.39. The molecule has 0 bridgehead atoms. The second-order valence-corrected chi connectivity index (χ2v) is 15.7. The zero-order valence-electron chi connectivity index (χ0n) is 29.9. The second kappa shape index (κ2) is 9.77. The highest BCUT2D eigenvalue weighted by atomic mass is 15.1. The maximum absolute atomic E-state index is 2.57. The molecule has 0 aliphatic heterocycles. The molecular formula is C51H33N3. The molecule has 1 aliphatic carbocycles. The van der Waals surface area contributed by atoms with Crippen molar-refractivity contribution >= 4 is 93.3 Å². The summed E-state index contributed by atoms with van der Waals surface area (Å²) in [6.45, 7) is 4.82. The van der Waals surface area contributed by atoms with Crippen LogP contribution in [0.2, 0.25) is 0 Å². The molecule has 13 rings (SSSR count). The number of para-hydroxylation sites is 4. The molecule has 3 heteroatoms. The number of benzene rings is 8. The lowest BCUT2D eigenvalue weighted by Crippen LogP contribution is -2.15. The monoisotopic (exact) mass is 687 g/mol. The summed E-state index contributed by atoms with van der Waals surface area (Å²) in [6, 6.07) is 60.8. The van der Waals surface area contributed by atoms with E-state index in [-0.39, 0.29) is 5.41 Å². The van der Waals surface area contributed by atoms with E-state index in [1.807, 2.05) is 0 Å². The maximum Gasteiger partial charge on any atom is 0.0641 e. The van der Waals surface area contributed by atoms with Gasteiger partial charge in [-0.15, -0.1) is 0 Å². The maximum atomic E-state index is 2.57. The van der Waals surface area contributed by atoms with Crippen LogP contribution in [0.5, 0.6) is 0 Å². The fraction of sp³-hybridized carbons (Fsp3) is 0.0588. The summed E-state index contributed by atoms with van der Waals surface area (Å²) in [7, 11) is 0. The Balaban J connectivity index is 1.20. The van der Waals surface area contributed by atoms with Crippen molar-refractivity contribution in [1.82, 2.24) is 8.80 Å². The van der Waals surface area contributed by atoms with Crippen molar-refractivity contribution in [3.8, 4) is 11.1 Å². The van der Waals surface area contributed by atoms with E-state index < -0.39 is 0 Å². The molecule has 0 radical (unpaired) electrons. The van der Waals surface area contributed by atoms with Gasteiger partial charge in [-0.25, -0.2) is 0 Å². The van der Waals surface area contributed by atoms with Crippen LogP contribution in [0.4, 0.5) is 17.1 Å². The highest BCUT2D eigenvalue weighted by molar-refractivity contribution is 6.32. The molecule has 252 valence electrons. The molecule has 54 heavy (non-hydrogen) atoms. The molecule has 0 saturated carbocycles. The van der Waals surface area contributed by atoms with Gasteiger partial charge in [-0.1, -0.05) is 117 Å². The van der Waals surface area contributed by atoms with Gasteiger partial charge < -0.3 is 13.7 Å². The number of rotatable bonds is 3. The van der Waals surface area contributed by atoms with Gasteiger partial charge in [0, 0.05) is 59.9 Å². The minimum Gasteiger partial charge on any atom is -0.310 e. The molecule has 0 spiro atoms. The van der Waals surface area contributed by atoms with Crippen molar-refractivity contribution in [2.75, 3.05) is 4.90 Å². The van der Waals surface area contributed by atoms with Crippen molar-refractivity contribution in [2.24, 2.45) is 0 Å². The van der Waals surface area contributed by atoms with E-state index >= 15 is 0 Å². The first kappa shape index (κ1) is 28.7. The van der Waals surface area contributed by atoms with Gasteiger partial charge in [0.25, 0.3) is 0 Å². The highest BCUT2D eigenvalue weighted by Crippen LogP contribution is 2.56. The lowest BCUT2D eigenvalue weighted by Gasteiger charge is -2.26. The standard InChI is InChI=1S/C51H33N3/c1-51(2)40-22-12-9-19-32(40)38-27-39-37-29-44-36(28-45(37)54-42-24-14-11-21-35(42)47(48(38)51)50(39)54)33-25-26-43(46-34-20-10-13-23-41(34)53(44)49(33)46)52(30-15-5-3-6-16-30)31-17-7-4-8-18-31/h3-29H,1-2H3. The first-order valence-electron chi connectivity index (χ1n) is 19.0. The van der Waals surface area contributed by atoms with Gasteiger partial charge in [0.15, 0.2) is 0 Å². The number of nitrogens with zero attached hydrogens (tertiary/aromatic N) is 3. The third-order valence-electron chi connectivity index (χ3n) is 12.7. The van der Waals surface area contributed by atoms with E-state index in [1.165, 1.54) is 104 Å². The van der Waals surface area contributed by atoms with Crippen LogP contribution in [0, 0.1) is 0 Å². The summed E-state index contributed by atoms with van der Waals surface area (Å²) in [6.07, 6.45) is 0. The minimum absolute atomic E-state index is 0.102. The summed E-state index contributed by atoms with van der Waals surface area (Å²) in [5.41, 5.74) is 16.6. The van der Waals surface area contributed by atoms with Gasteiger partial charge in [-0.2, -0.15) is 0 Å². The predicted octanol–water partition coefficient (Wildman–Crippen LogP) is 13.8. The first-order chi connectivity index (χ1) is 26.6. The Kier molecular flexibility index (Phi) is 5.19. The number of hydrogen-bond donors (Lipinski definition) is 0. The largest absolute Gasteiger partial charge is 0.310 e. The Morgan fingerprint density at radius 2 is 0.944 bits per heavy atom. The average molecular weight is 688 g/mol. The van der Waals surface area contributed by atoms with Crippen LogP contribution in [0.15, 0.2) is 164 Å². The molecule has 12 aromatic rings. The lowest BCUT2D eigenvalue weighted by atomic mass is 9.80. The Morgan fingerprint density at radius 3 is 1.61 bits per heavy atom. The molecular weight excluding hydrogens is 655 g/mol. The van der Waals surface area contributed by atoms with Crippen molar-refractivity contribution < 1.29 is 0 Å². The van der Waals surface area contributed by atoms with Gasteiger partial charge in [0.1, 0.15) is 0 Å². The third-order valence-corrected chi connectivity index (χ3v) is 12.7. The molecule has 8 aromatic carbocycles. The van der Waals surface area contributed by atoms with Crippen molar-refractivity contribution in [3.63, 3.8) is 0 Å². The first-order valence-corrected chi connectivity index (χ1v) is 19.0. The number of anilines is 3. The third kappa shape index (κ3) is 3.31. The summed E-state index contributed by atoms with van der Waals surface area (Å²) in [5.74, 6) is 0. The smallest absolute Gasteiger partial charge is 0.0641 e. The zero-order valence-corrected chi connectivity index (χ0v) is 29.9. The fourth-order valence-corrected chi connectivity index (χ4v) is 10.6. The predicted molar refractivity (Wildman–Crippen MR) is 228 cm³/mol. The summed E-state index contributed by atoms with van der Waals surface area (Å²) in [4.78, 5) is 2.41. The van der Waals surface area contributed by atoms with E-state index in [0.717, 1.165) is 11.4 Å². The molecule has 0 saturated heterocycles. The van der Waals surface area contributed by atoms with Crippen molar-refractivity contribution in [2.45, 2.75) is 19.3 Å². The molecule has 4 heterocycles. The average Bonchev–Trinajstić information content (AvgIpc) is 3.98. The summed E-state index contributed by atoms with van der Waals surface area (Å²) in [5, 5.41) is 10.5. The number of aromatic nitrogens is 2. The van der Waals surface area contributed by atoms with Gasteiger partial charge in [0.05, 0.1) is 38.8 Å². The van der Waals surface area contributed by atoms with E-state index in [2.05, 4.69) is 191 Å². The zero-order chi connectivity index (χ0) is 35.4. The van der Waals surface area contributed by atoms with Crippen LogP contribution in [-0.2, 0) is 5.41 Å². The van der Waals surface area contributed by atoms with Crippen LogP contribution in [0.3, 0.4) is 0 Å². The van der Waals surface area contributed by atoms with Crippen molar-refractivity contribution in [1.29, 1.82) is 0 Å². The fourth-order valence-electron chi connectivity index (χ4n) is 10.6. The Hall–Kier alpha value is -6.84. The molecule has 4 aromatic heterocycles. The summed E-state index contributed by atoms with van der Waals surface area (Å²) >= 11 is 0. The molecule has 0 fully saturated rings. The Labute approximate surface area is 311 Å². The van der Waals surface area contributed by atoms with Crippen LogP contribution in [0.25, 0.3) is 87.3 Å². The Morgan fingerprint density at radius 1 is 0.407 bits per heavy atom. The van der Waals surface area contributed by atoms with Gasteiger partial charge in [-0.05, 0) is 82.9 Å². The van der Waals surface area contributed by atoms with Crippen LogP contribution < -0.4 is 4.90 Å². The minimum atomic E-state index is -0.102. The number of fused-ring (bicyclic) bond motifs is 16. The molecule has 0 unspecified atom stereocenters. The van der Waals surface area contributed by atoms with E-state index in [0.29, 0.717) is 0 Å². The normalized spacial score (nSPS) is 13.9. The molecule has 3 nitrogen and oxygen atoms in total. The SMILES string of the molecule is CC1(C)c2ccccc2-c2cc3c4cc5c(cc4n4c6ccccc6c(c21)c34)c1ccc(N(c2ccccc2)c2ccccc2)c2c3ccccc3n5c12. The van der Waals surface area contributed by atoms with Crippen LogP contribution in [0.1, 0.15) is 25.0 Å². The van der Waals surface area contributed by atoms with E-state index in [4.69, 9.17) is 0 Å². The topological polar surface area (TPSA) is 12.1 Å². The van der Waals surface area contributed by atoms with Gasteiger partial charge >= 0.3 is 0 Å². The number of hydrogen-bond acceptors (Lipinski definition) is 1. The van der Waals surface area contributed by atoms with E-state index in [1.54, 1.807) is 0 Å². The van der Waals surface area contributed by atoms with E-state index in [9.17, 15) is 0 Å². The quantitative estimate of drug-likeness (QED) is 0.180. The molecule has 1 aliphatic rings.